The number of nitrogens with zero attached hydrogens (tertiary/aromatic N) is 1. The van der Waals surface area contributed by atoms with Gasteiger partial charge in [0, 0.05) is 18.7 Å². The van der Waals surface area contributed by atoms with Gasteiger partial charge in [0.25, 0.3) is 0 Å². The van der Waals surface area contributed by atoms with Gasteiger partial charge in [-0.2, -0.15) is 0 Å². The summed E-state index contributed by atoms with van der Waals surface area (Å²) < 4.78 is 0. The summed E-state index contributed by atoms with van der Waals surface area (Å²) in [6.07, 6.45) is 14.5. The first-order valence-electron chi connectivity index (χ1n) is 9.20. The number of hydrogen-bond donors (Lipinski definition) is 0. The largest absolute Gasteiger partial charge is 0.378 e. The van der Waals surface area contributed by atoms with Crippen molar-refractivity contribution in [3.8, 4) is 0 Å². The molecule has 0 unspecified atom stereocenters. The molecule has 0 saturated heterocycles. The number of carbonyl (C=O) groups is 1. The zero-order valence-electron chi connectivity index (χ0n) is 14.5. The normalized spacial score (nSPS) is 37.0. The topological polar surface area (TPSA) is 20.3 Å². The van der Waals surface area contributed by atoms with Crippen molar-refractivity contribution in [2.45, 2.75) is 59.3 Å². The van der Waals surface area contributed by atoms with Crippen LogP contribution in [0.1, 0.15) is 59.3 Å². The molecule has 0 aromatic heterocycles. The molecule has 0 heterocycles. The van der Waals surface area contributed by atoms with Crippen molar-refractivity contribution < 1.29 is 4.79 Å². The van der Waals surface area contributed by atoms with Crippen LogP contribution in [0.25, 0.3) is 0 Å². The summed E-state index contributed by atoms with van der Waals surface area (Å²) >= 11 is 0. The Morgan fingerprint density at radius 3 is 1.95 bits per heavy atom. The third-order valence-electron chi connectivity index (χ3n) is 6.36. The Balaban J connectivity index is 1.83. The zero-order valence-corrected chi connectivity index (χ0v) is 14.5. The highest BCUT2D eigenvalue weighted by Gasteiger charge is 2.52. The summed E-state index contributed by atoms with van der Waals surface area (Å²) in [5, 5.41) is 0. The van der Waals surface area contributed by atoms with E-state index in [1.165, 1.54) is 38.5 Å². The van der Waals surface area contributed by atoms with Gasteiger partial charge in [-0.25, -0.2) is 0 Å². The van der Waals surface area contributed by atoms with E-state index >= 15 is 0 Å². The second-order valence-corrected chi connectivity index (χ2v) is 7.90. The Morgan fingerprint density at radius 1 is 1.05 bits per heavy atom. The Labute approximate surface area is 135 Å². The number of Topliss-reactive ketones (excluding diaryl/α,β-unsaturated/α-hetero) is 1. The van der Waals surface area contributed by atoms with Crippen LogP contribution in [0.4, 0.5) is 0 Å². The molecule has 0 aromatic rings. The molecule has 122 valence electrons. The second kappa shape index (κ2) is 6.22. The molecule has 4 bridgehead atoms. The Kier molecular flexibility index (Phi) is 4.47. The maximum Gasteiger partial charge on any atom is 0.156 e. The van der Waals surface area contributed by atoms with Crippen LogP contribution >= 0.6 is 0 Å². The summed E-state index contributed by atoms with van der Waals surface area (Å²) in [5.41, 5.74) is 1.34. The lowest BCUT2D eigenvalue weighted by Crippen LogP contribution is -2.47. The van der Waals surface area contributed by atoms with Crippen molar-refractivity contribution in [1.82, 2.24) is 4.90 Å². The molecule has 4 aliphatic rings. The van der Waals surface area contributed by atoms with E-state index < -0.39 is 0 Å². The van der Waals surface area contributed by atoms with Gasteiger partial charge in [-0.05, 0) is 94.7 Å². The summed E-state index contributed by atoms with van der Waals surface area (Å²) in [6.45, 7) is 8.15. The lowest BCUT2D eigenvalue weighted by Gasteiger charge is -2.57. The quantitative estimate of drug-likeness (QED) is 0.529. The maximum absolute atomic E-state index is 12.4. The van der Waals surface area contributed by atoms with Gasteiger partial charge in [-0.1, -0.05) is 6.08 Å². The van der Waals surface area contributed by atoms with E-state index in [0.29, 0.717) is 5.78 Å². The fourth-order valence-corrected chi connectivity index (χ4v) is 5.80. The molecule has 4 fully saturated rings. The SMILES string of the molecule is CCN(/C=C/C=C(\C(C)=O)C12CC3CC(CC(C3)C1)C2)CC. The lowest BCUT2D eigenvalue weighted by atomic mass is 9.47. The maximum atomic E-state index is 12.4. The van der Waals surface area contributed by atoms with Crippen LogP contribution in [0, 0.1) is 23.2 Å². The number of allylic oxidation sites excluding steroid dienone is 3. The standard InChI is InChI=1S/C20H31NO/c1-4-21(5-2)8-6-7-19(15(3)22)20-12-16-9-17(13-20)11-18(10-16)14-20/h6-8,16-18H,4-5,9-14H2,1-3H3/b8-6+,19-7+. The van der Waals surface area contributed by atoms with Crippen LogP contribution in [0.3, 0.4) is 0 Å². The van der Waals surface area contributed by atoms with E-state index in [1.54, 1.807) is 6.92 Å². The fraction of sp³-hybridized carbons (Fsp3) is 0.750. The fourth-order valence-electron chi connectivity index (χ4n) is 5.80. The number of ketones is 1. The molecule has 2 nitrogen and oxygen atoms in total. The van der Waals surface area contributed by atoms with Gasteiger partial charge in [-0.3, -0.25) is 4.79 Å². The van der Waals surface area contributed by atoms with Crippen molar-refractivity contribution in [2.24, 2.45) is 23.2 Å². The van der Waals surface area contributed by atoms with Crippen molar-refractivity contribution in [1.29, 1.82) is 0 Å². The van der Waals surface area contributed by atoms with E-state index in [4.69, 9.17) is 0 Å². The van der Waals surface area contributed by atoms with Crippen molar-refractivity contribution in [3.05, 3.63) is 23.9 Å². The molecular weight excluding hydrogens is 270 g/mol. The van der Waals surface area contributed by atoms with Gasteiger partial charge in [0.2, 0.25) is 0 Å². The van der Waals surface area contributed by atoms with E-state index in [0.717, 1.165) is 36.4 Å². The smallest absolute Gasteiger partial charge is 0.156 e. The Hall–Kier alpha value is -1.05. The molecule has 0 radical (unpaired) electrons. The highest BCUT2D eigenvalue weighted by Crippen LogP contribution is 2.62. The van der Waals surface area contributed by atoms with Crippen LogP contribution in [-0.4, -0.2) is 23.8 Å². The summed E-state index contributed by atoms with van der Waals surface area (Å²) in [7, 11) is 0. The molecule has 0 N–H and O–H groups in total. The average molecular weight is 301 g/mol. The highest BCUT2D eigenvalue weighted by molar-refractivity contribution is 5.95. The summed E-state index contributed by atoms with van der Waals surface area (Å²) in [4.78, 5) is 14.6. The van der Waals surface area contributed by atoms with E-state index in [2.05, 4.69) is 37.1 Å². The molecule has 4 aliphatic carbocycles. The van der Waals surface area contributed by atoms with E-state index in [1.807, 2.05) is 0 Å². The molecule has 0 aromatic carbocycles. The minimum Gasteiger partial charge on any atom is -0.378 e. The predicted octanol–water partition coefficient (Wildman–Crippen LogP) is 4.57. The molecule has 4 rings (SSSR count). The molecule has 0 amide bonds. The number of carbonyl (C=O) groups excluding carboxylic acids is 1. The third-order valence-corrected chi connectivity index (χ3v) is 6.36. The molecule has 0 aliphatic heterocycles. The average Bonchev–Trinajstić information content (AvgIpc) is 2.45. The Morgan fingerprint density at radius 2 is 1.55 bits per heavy atom. The van der Waals surface area contributed by atoms with Gasteiger partial charge >= 0.3 is 0 Å². The minimum absolute atomic E-state index is 0.216. The number of rotatable bonds is 6. The van der Waals surface area contributed by atoms with Gasteiger partial charge in [0.05, 0.1) is 0 Å². The van der Waals surface area contributed by atoms with Crippen molar-refractivity contribution in [3.63, 3.8) is 0 Å². The van der Waals surface area contributed by atoms with Crippen LogP contribution in [0.5, 0.6) is 0 Å². The van der Waals surface area contributed by atoms with Gasteiger partial charge in [0.15, 0.2) is 5.78 Å². The predicted molar refractivity (Wildman–Crippen MR) is 91.4 cm³/mol. The monoisotopic (exact) mass is 301 g/mol. The Bertz CT molecular complexity index is 449. The van der Waals surface area contributed by atoms with Crippen molar-refractivity contribution in [2.75, 3.05) is 13.1 Å². The first-order chi connectivity index (χ1) is 10.6. The van der Waals surface area contributed by atoms with Gasteiger partial charge in [0.1, 0.15) is 0 Å². The third kappa shape index (κ3) is 2.89. The number of hydrogen-bond acceptors (Lipinski definition) is 2. The molecular formula is C20H31NO. The summed E-state index contributed by atoms with van der Waals surface area (Å²) in [6, 6.07) is 0. The molecule has 0 spiro atoms. The van der Waals surface area contributed by atoms with Crippen LogP contribution in [-0.2, 0) is 4.79 Å². The molecule has 22 heavy (non-hydrogen) atoms. The second-order valence-electron chi connectivity index (χ2n) is 7.90. The van der Waals surface area contributed by atoms with E-state index in [9.17, 15) is 4.79 Å². The summed E-state index contributed by atoms with van der Waals surface area (Å²) in [5.74, 6) is 2.97. The molecule has 0 atom stereocenters. The minimum atomic E-state index is 0.216. The first kappa shape index (κ1) is 15.8. The lowest BCUT2D eigenvalue weighted by molar-refractivity contribution is -0.117. The van der Waals surface area contributed by atoms with Crippen LogP contribution in [0.2, 0.25) is 0 Å². The molecule has 2 heteroatoms. The van der Waals surface area contributed by atoms with Crippen molar-refractivity contribution >= 4 is 5.78 Å². The van der Waals surface area contributed by atoms with Crippen LogP contribution < -0.4 is 0 Å². The van der Waals surface area contributed by atoms with Gasteiger partial charge < -0.3 is 4.90 Å². The first-order valence-corrected chi connectivity index (χ1v) is 9.20. The van der Waals surface area contributed by atoms with E-state index in [-0.39, 0.29) is 5.41 Å². The highest BCUT2D eigenvalue weighted by atomic mass is 16.1. The van der Waals surface area contributed by atoms with Gasteiger partial charge in [-0.15, -0.1) is 0 Å². The zero-order chi connectivity index (χ0) is 15.7. The van der Waals surface area contributed by atoms with Crippen LogP contribution in [0.15, 0.2) is 23.9 Å². The molecule has 4 saturated carbocycles.